The largest absolute Gasteiger partial charge is 0.323 e. The van der Waals surface area contributed by atoms with Crippen LogP contribution in [0.5, 0.6) is 0 Å². The number of para-hydroxylation sites is 1. The fraction of sp³-hybridized carbons (Fsp3) is 0.0909. The minimum Gasteiger partial charge on any atom is -0.323 e. The van der Waals surface area contributed by atoms with Crippen molar-refractivity contribution in [3.8, 4) is 16.3 Å². The van der Waals surface area contributed by atoms with Crippen LogP contribution in [0.3, 0.4) is 0 Å². The Hall–Kier alpha value is -3.18. The molecule has 0 bridgehead atoms. The second-order valence-corrected chi connectivity index (χ2v) is 7.13. The Labute approximate surface area is 162 Å². The molecule has 2 aromatic heterocycles. The Morgan fingerprint density at radius 2 is 1.70 bits per heavy atom. The minimum absolute atomic E-state index is 0.00993. The number of nitrogens with zero attached hydrogens (tertiary/aromatic N) is 2. The molecule has 0 aliphatic carbocycles. The SMILES string of the molecule is O=C(CCc1ccccc1)Nc1cn(-c2ccccc2)nc1-c1cccs1. The van der Waals surface area contributed by atoms with E-state index < -0.39 is 0 Å². The summed E-state index contributed by atoms with van der Waals surface area (Å²) in [5, 5.41) is 9.76. The third-order valence-electron chi connectivity index (χ3n) is 4.25. The van der Waals surface area contributed by atoms with E-state index in [1.807, 2.05) is 89.1 Å². The van der Waals surface area contributed by atoms with Gasteiger partial charge in [-0.15, -0.1) is 11.3 Å². The van der Waals surface area contributed by atoms with Crippen molar-refractivity contribution in [3.63, 3.8) is 0 Å². The van der Waals surface area contributed by atoms with Crippen LogP contribution in [-0.4, -0.2) is 15.7 Å². The molecule has 134 valence electrons. The van der Waals surface area contributed by atoms with Gasteiger partial charge in [-0.1, -0.05) is 54.6 Å². The fourth-order valence-electron chi connectivity index (χ4n) is 2.89. The quantitative estimate of drug-likeness (QED) is 0.507. The predicted molar refractivity (Wildman–Crippen MR) is 110 cm³/mol. The highest BCUT2D eigenvalue weighted by Gasteiger charge is 2.15. The number of nitrogens with one attached hydrogen (secondary N) is 1. The first-order valence-electron chi connectivity index (χ1n) is 8.82. The van der Waals surface area contributed by atoms with E-state index in [2.05, 4.69) is 5.32 Å². The van der Waals surface area contributed by atoms with Crippen molar-refractivity contribution >= 4 is 22.9 Å². The molecular formula is C22H19N3OS. The van der Waals surface area contributed by atoms with Crippen LogP contribution < -0.4 is 5.32 Å². The summed E-state index contributed by atoms with van der Waals surface area (Å²) in [5.41, 5.74) is 3.65. The molecule has 0 radical (unpaired) electrons. The molecule has 5 heteroatoms. The maximum Gasteiger partial charge on any atom is 0.224 e. The van der Waals surface area contributed by atoms with E-state index in [4.69, 9.17) is 5.10 Å². The van der Waals surface area contributed by atoms with Gasteiger partial charge in [0, 0.05) is 6.42 Å². The number of anilines is 1. The number of carbonyl (C=O) groups is 1. The van der Waals surface area contributed by atoms with Gasteiger partial charge < -0.3 is 5.32 Å². The van der Waals surface area contributed by atoms with Crippen molar-refractivity contribution in [2.45, 2.75) is 12.8 Å². The van der Waals surface area contributed by atoms with Gasteiger partial charge in [-0.25, -0.2) is 4.68 Å². The van der Waals surface area contributed by atoms with E-state index in [9.17, 15) is 4.79 Å². The Kier molecular flexibility index (Phi) is 5.12. The third kappa shape index (κ3) is 4.15. The summed E-state index contributed by atoms with van der Waals surface area (Å²) in [6, 6.07) is 23.9. The van der Waals surface area contributed by atoms with Crippen molar-refractivity contribution in [2.24, 2.45) is 0 Å². The number of hydrogen-bond donors (Lipinski definition) is 1. The lowest BCUT2D eigenvalue weighted by Gasteiger charge is -2.04. The van der Waals surface area contributed by atoms with E-state index in [0.29, 0.717) is 12.8 Å². The highest BCUT2D eigenvalue weighted by atomic mass is 32.1. The number of aryl methyl sites for hydroxylation is 1. The van der Waals surface area contributed by atoms with Crippen LogP contribution in [0.15, 0.2) is 84.4 Å². The van der Waals surface area contributed by atoms with Gasteiger partial charge in [-0.05, 0) is 35.6 Å². The number of amides is 1. The molecule has 27 heavy (non-hydrogen) atoms. The molecule has 2 aromatic carbocycles. The normalized spacial score (nSPS) is 10.7. The van der Waals surface area contributed by atoms with Gasteiger partial charge >= 0.3 is 0 Å². The molecule has 0 aliphatic heterocycles. The zero-order valence-electron chi connectivity index (χ0n) is 14.7. The molecule has 0 saturated heterocycles. The molecule has 4 rings (SSSR count). The van der Waals surface area contributed by atoms with Crippen LogP contribution in [0.2, 0.25) is 0 Å². The van der Waals surface area contributed by atoms with Gasteiger partial charge in [0.05, 0.1) is 22.4 Å². The number of rotatable bonds is 6. The average molecular weight is 373 g/mol. The maximum absolute atomic E-state index is 12.5. The lowest BCUT2D eigenvalue weighted by atomic mass is 10.1. The summed E-state index contributed by atoms with van der Waals surface area (Å²) >= 11 is 1.61. The number of hydrogen-bond acceptors (Lipinski definition) is 3. The number of aromatic nitrogens is 2. The molecule has 0 atom stereocenters. The van der Waals surface area contributed by atoms with Gasteiger partial charge in [-0.2, -0.15) is 5.10 Å². The van der Waals surface area contributed by atoms with Gasteiger partial charge in [0.15, 0.2) is 0 Å². The summed E-state index contributed by atoms with van der Waals surface area (Å²) in [6.45, 7) is 0. The zero-order valence-corrected chi connectivity index (χ0v) is 15.5. The first-order chi connectivity index (χ1) is 13.3. The lowest BCUT2D eigenvalue weighted by Crippen LogP contribution is -2.12. The van der Waals surface area contributed by atoms with Crippen LogP contribution in [0.4, 0.5) is 5.69 Å². The lowest BCUT2D eigenvalue weighted by molar-refractivity contribution is -0.116. The number of carbonyl (C=O) groups excluding carboxylic acids is 1. The number of benzene rings is 2. The highest BCUT2D eigenvalue weighted by molar-refractivity contribution is 7.13. The van der Waals surface area contributed by atoms with E-state index in [-0.39, 0.29) is 5.91 Å². The van der Waals surface area contributed by atoms with Crippen LogP contribution >= 0.6 is 11.3 Å². The molecule has 0 saturated carbocycles. The summed E-state index contributed by atoms with van der Waals surface area (Å²) < 4.78 is 1.81. The Balaban J connectivity index is 1.55. The van der Waals surface area contributed by atoms with E-state index in [0.717, 1.165) is 27.5 Å². The van der Waals surface area contributed by atoms with Gasteiger partial charge in [0.25, 0.3) is 0 Å². The monoisotopic (exact) mass is 373 g/mol. The van der Waals surface area contributed by atoms with Crippen molar-refractivity contribution in [1.29, 1.82) is 0 Å². The summed E-state index contributed by atoms with van der Waals surface area (Å²) in [7, 11) is 0. The molecule has 0 fully saturated rings. The molecule has 1 amide bonds. The predicted octanol–water partition coefficient (Wildman–Crippen LogP) is 5.17. The van der Waals surface area contributed by atoms with Crippen LogP contribution in [0, 0.1) is 0 Å². The van der Waals surface area contributed by atoms with Gasteiger partial charge in [0.2, 0.25) is 5.91 Å². The average Bonchev–Trinajstić information content (AvgIpc) is 3.38. The maximum atomic E-state index is 12.5. The first-order valence-corrected chi connectivity index (χ1v) is 9.70. The summed E-state index contributed by atoms with van der Waals surface area (Å²) in [4.78, 5) is 13.5. The molecule has 0 aliphatic rings. The summed E-state index contributed by atoms with van der Waals surface area (Å²) in [6.07, 6.45) is 3.03. The van der Waals surface area contributed by atoms with Crippen molar-refractivity contribution in [2.75, 3.05) is 5.32 Å². The highest BCUT2D eigenvalue weighted by Crippen LogP contribution is 2.31. The summed E-state index contributed by atoms with van der Waals surface area (Å²) in [5.74, 6) is -0.00993. The molecule has 4 nitrogen and oxygen atoms in total. The Morgan fingerprint density at radius 1 is 0.963 bits per heavy atom. The van der Waals surface area contributed by atoms with E-state index in [1.165, 1.54) is 0 Å². The molecule has 0 unspecified atom stereocenters. The second-order valence-electron chi connectivity index (χ2n) is 6.18. The molecule has 4 aromatic rings. The van der Waals surface area contributed by atoms with Gasteiger partial charge in [0.1, 0.15) is 5.69 Å². The molecule has 1 N–H and O–H groups in total. The topological polar surface area (TPSA) is 46.9 Å². The Bertz CT molecular complexity index is 1010. The number of thiophene rings is 1. The van der Waals surface area contributed by atoms with E-state index >= 15 is 0 Å². The van der Waals surface area contributed by atoms with Crippen molar-refractivity contribution in [3.05, 3.63) is 89.9 Å². The first kappa shape index (κ1) is 17.2. The smallest absolute Gasteiger partial charge is 0.224 e. The molecule has 2 heterocycles. The second kappa shape index (κ2) is 8.01. The van der Waals surface area contributed by atoms with Crippen molar-refractivity contribution < 1.29 is 4.79 Å². The van der Waals surface area contributed by atoms with E-state index in [1.54, 1.807) is 11.3 Å². The molecule has 0 spiro atoms. The van der Waals surface area contributed by atoms with Crippen LogP contribution in [0.25, 0.3) is 16.3 Å². The molecular weight excluding hydrogens is 354 g/mol. The fourth-order valence-corrected chi connectivity index (χ4v) is 3.61. The van der Waals surface area contributed by atoms with Crippen LogP contribution in [-0.2, 0) is 11.2 Å². The van der Waals surface area contributed by atoms with Crippen molar-refractivity contribution in [1.82, 2.24) is 9.78 Å². The standard InChI is InChI=1S/C22H19N3OS/c26-21(14-13-17-8-3-1-4-9-17)23-19-16-25(18-10-5-2-6-11-18)24-22(19)20-12-7-15-27-20/h1-12,15-16H,13-14H2,(H,23,26). The zero-order chi connectivity index (χ0) is 18.5. The third-order valence-corrected chi connectivity index (χ3v) is 5.12. The Morgan fingerprint density at radius 3 is 2.41 bits per heavy atom. The van der Waals surface area contributed by atoms with Crippen LogP contribution in [0.1, 0.15) is 12.0 Å². The van der Waals surface area contributed by atoms with Gasteiger partial charge in [-0.3, -0.25) is 4.79 Å². The minimum atomic E-state index is -0.00993.